The number of piperidine rings is 1. The van der Waals surface area contributed by atoms with E-state index in [9.17, 15) is 0 Å². The molecule has 0 spiro atoms. The van der Waals surface area contributed by atoms with Gasteiger partial charge in [0.25, 0.3) is 0 Å². The van der Waals surface area contributed by atoms with Crippen LogP contribution in [0.15, 0.2) is 4.99 Å². The smallest absolute Gasteiger partial charge is 0.188 e. The molecule has 0 aromatic carbocycles. The quantitative estimate of drug-likeness (QED) is 0.450. The summed E-state index contributed by atoms with van der Waals surface area (Å²) in [5.74, 6) is 1.54. The maximum absolute atomic E-state index is 5.98. The summed E-state index contributed by atoms with van der Waals surface area (Å²) in [7, 11) is 0. The molecule has 4 heteroatoms. The Labute approximate surface area is 130 Å². The topological polar surface area (TPSA) is 53.6 Å². The first kappa shape index (κ1) is 16.6. The van der Waals surface area contributed by atoms with Crippen LogP contribution in [0.3, 0.4) is 0 Å². The third-order valence-electron chi connectivity index (χ3n) is 4.86. The molecule has 0 amide bonds. The number of nitrogens with zero attached hydrogens (tertiary/aromatic N) is 2. The first-order valence-electron chi connectivity index (χ1n) is 9.03. The number of unbranched alkanes of at least 4 members (excludes halogenated alkanes) is 1. The van der Waals surface area contributed by atoms with Gasteiger partial charge in [-0.05, 0) is 57.5 Å². The van der Waals surface area contributed by atoms with Crippen LogP contribution in [-0.4, -0.2) is 43.1 Å². The van der Waals surface area contributed by atoms with E-state index >= 15 is 0 Å². The molecule has 3 N–H and O–H groups in total. The van der Waals surface area contributed by atoms with E-state index in [2.05, 4.69) is 22.1 Å². The molecule has 1 heterocycles. The molecule has 2 rings (SSSR count). The van der Waals surface area contributed by atoms with Crippen LogP contribution in [-0.2, 0) is 0 Å². The van der Waals surface area contributed by atoms with Gasteiger partial charge >= 0.3 is 0 Å². The molecule has 21 heavy (non-hydrogen) atoms. The van der Waals surface area contributed by atoms with Gasteiger partial charge < -0.3 is 16.0 Å². The van der Waals surface area contributed by atoms with E-state index in [0.29, 0.717) is 12.0 Å². The van der Waals surface area contributed by atoms with Crippen molar-refractivity contribution in [3.05, 3.63) is 0 Å². The van der Waals surface area contributed by atoms with Gasteiger partial charge in [-0.2, -0.15) is 0 Å². The zero-order valence-electron chi connectivity index (χ0n) is 13.8. The van der Waals surface area contributed by atoms with Gasteiger partial charge in [-0.25, -0.2) is 0 Å². The third kappa shape index (κ3) is 6.68. The highest BCUT2D eigenvalue weighted by molar-refractivity contribution is 5.78. The minimum Gasteiger partial charge on any atom is -0.370 e. The fraction of sp³-hybridized carbons (Fsp3) is 0.941. The Morgan fingerprint density at radius 3 is 2.71 bits per heavy atom. The lowest BCUT2D eigenvalue weighted by molar-refractivity contribution is 0.181. The van der Waals surface area contributed by atoms with E-state index in [1.165, 1.54) is 71.0 Å². The van der Waals surface area contributed by atoms with E-state index in [1.807, 2.05) is 0 Å². The van der Waals surface area contributed by atoms with Crippen LogP contribution in [0.5, 0.6) is 0 Å². The third-order valence-corrected chi connectivity index (χ3v) is 4.86. The number of nitrogens with two attached hydrogens (primary N) is 1. The number of likely N-dealkylation sites (tertiary alicyclic amines) is 1. The molecule has 1 aliphatic carbocycles. The minimum absolute atomic E-state index is 0.567. The number of nitrogens with one attached hydrogen (secondary N) is 1. The summed E-state index contributed by atoms with van der Waals surface area (Å²) >= 11 is 0. The molecule has 0 aromatic heterocycles. The molecule has 1 saturated carbocycles. The van der Waals surface area contributed by atoms with Gasteiger partial charge in [0.15, 0.2) is 5.96 Å². The summed E-state index contributed by atoms with van der Waals surface area (Å²) < 4.78 is 0. The zero-order chi connectivity index (χ0) is 14.9. The van der Waals surface area contributed by atoms with Gasteiger partial charge in [-0.15, -0.1) is 0 Å². The molecular formula is C17H34N4. The summed E-state index contributed by atoms with van der Waals surface area (Å²) in [4.78, 5) is 7.09. The second kappa shape index (κ2) is 9.29. The van der Waals surface area contributed by atoms with Gasteiger partial charge in [0.2, 0.25) is 0 Å². The van der Waals surface area contributed by atoms with Crippen molar-refractivity contribution in [3.63, 3.8) is 0 Å². The van der Waals surface area contributed by atoms with Crippen LogP contribution in [0.25, 0.3) is 0 Å². The van der Waals surface area contributed by atoms with Crippen molar-refractivity contribution in [1.82, 2.24) is 10.2 Å². The molecule has 1 saturated heterocycles. The summed E-state index contributed by atoms with van der Waals surface area (Å²) in [6, 6.07) is 0.567. The van der Waals surface area contributed by atoms with E-state index in [4.69, 9.17) is 5.73 Å². The van der Waals surface area contributed by atoms with Crippen LogP contribution in [0.2, 0.25) is 0 Å². The predicted octanol–water partition coefficient (Wildman–Crippen LogP) is 2.74. The van der Waals surface area contributed by atoms with Crippen molar-refractivity contribution in [2.75, 3.05) is 26.2 Å². The Morgan fingerprint density at radius 1 is 1.14 bits per heavy atom. The highest BCUT2D eigenvalue weighted by Crippen LogP contribution is 2.17. The average Bonchev–Trinajstić information content (AvgIpc) is 2.48. The Bertz CT molecular complexity index is 310. The molecule has 2 fully saturated rings. The lowest BCUT2D eigenvalue weighted by Gasteiger charge is -2.30. The molecule has 0 radical (unpaired) electrons. The fourth-order valence-electron chi connectivity index (χ4n) is 3.64. The summed E-state index contributed by atoms with van der Waals surface area (Å²) in [6.45, 7) is 7.05. The number of guanidine groups is 1. The largest absolute Gasteiger partial charge is 0.370 e. The second-order valence-corrected chi connectivity index (χ2v) is 7.00. The van der Waals surface area contributed by atoms with Gasteiger partial charge in [-0.3, -0.25) is 4.99 Å². The number of hydrogen-bond donors (Lipinski definition) is 2. The normalized spacial score (nSPS) is 26.0. The lowest BCUT2D eigenvalue weighted by Crippen LogP contribution is -2.41. The Balaban J connectivity index is 1.52. The predicted molar refractivity (Wildman–Crippen MR) is 90.6 cm³/mol. The Morgan fingerprint density at radius 2 is 1.95 bits per heavy atom. The van der Waals surface area contributed by atoms with Crippen LogP contribution >= 0.6 is 0 Å². The SMILES string of the molecule is CC1CCCN(CCCCN=C(N)NC2CCCCC2)C1. The molecule has 1 unspecified atom stereocenters. The van der Waals surface area contributed by atoms with Gasteiger partial charge in [-0.1, -0.05) is 26.2 Å². The average molecular weight is 294 g/mol. The molecule has 4 nitrogen and oxygen atoms in total. The molecular weight excluding hydrogens is 260 g/mol. The van der Waals surface area contributed by atoms with Crippen LogP contribution in [0.4, 0.5) is 0 Å². The van der Waals surface area contributed by atoms with Crippen molar-refractivity contribution in [2.24, 2.45) is 16.6 Å². The fourth-order valence-corrected chi connectivity index (χ4v) is 3.64. The molecule has 1 atom stereocenters. The summed E-state index contributed by atoms with van der Waals surface area (Å²) in [5, 5.41) is 3.38. The van der Waals surface area contributed by atoms with Crippen molar-refractivity contribution < 1.29 is 0 Å². The summed E-state index contributed by atoms with van der Waals surface area (Å²) in [5.41, 5.74) is 5.98. The standard InChI is InChI=1S/C17H34N4/c1-15-8-7-13-21(14-15)12-6-5-11-19-17(18)20-16-9-3-2-4-10-16/h15-16H,2-14H2,1H3,(H3,18,19,20). The van der Waals surface area contributed by atoms with Crippen molar-refractivity contribution >= 4 is 5.96 Å². The van der Waals surface area contributed by atoms with Crippen molar-refractivity contribution in [2.45, 2.75) is 70.8 Å². The van der Waals surface area contributed by atoms with Crippen LogP contribution in [0, 0.1) is 5.92 Å². The van der Waals surface area contributed by atoms with Gasteiger partial charge in [0.1, 0.15) is 0 Å². The number of aliphatic imine (C=N–C) groups is 1. The monoisotopic (exact) mass is 294 g/mol. The van der Waals surface area contributed by atoms with Gasteiger partial charge in [0, 0.05) is 19.1 Å². The maximum Gasteiger partial charge on any atom is 0.188 e. The molecule has 122 valence electrons. The summed E-state index contributed by atoms with van der Waals surface area (Å²) in [6.07, 6.45) is 11.7. The van der Waals surface area contributed by atoms with E-state index in [-0.39, 0.29) is 0 Å². The van der Waals surface area contributed by atoms with E-state index < -0.39 is 0 Å². The molecule has 0 bridgehead atoms. The van der Waals surface area contributed by atoms with Gasteiger partial charge in [0.05, 0.1) is 0 Å². The first-order valence-corrected chi connectivity index (χ1v) is 9.03. The minimum atomic E-state index is 0.567. The molecule has 1 aliphatic heterocycles. The molecule has 2 aliphatic rings. The Kier molecular flexibility index (Phi) is 7.34. The maximum atomic E-state index is 5.98. The highest BCUT2D eigenvalue weighted by atomic mass is 15.1. The van der Waals surface area contributed by atoms with Crippen molar-refractivity contribution in [1.29, 1.82) is 0 Å². The van der Waals surface area contributed by atoms with Crippen LogP contribution in [0.1, 0.15) is 64.7 Å². The zero-order valence-corrected chi connectivity index (χ0v) is 13.8. The number of rotatable bonds is 6. The van der Waals surface area contributed by atoms with E-state index in [1.54, 1.807) is 0 Å². The Hall–Kier alpha value is -0.770. The highest BCUT2D eigenvalue weighted by Gasteiger charge is 2.15. The number of hydrogen-bond acceptors (Lipinski definition) is 2. The second-order valence-electron chi connectivity index (χ2n) is 7.00. The van der Waals surface area contributed by atoms with Crippen molar-refractivity contribution in [3.8, 4) is 0 Å². The first-order chi connectivity index (χ1) is 10.2. The van der Waals surface area contributed by atoms with E-state index in [0.717, 1.165) is 18.9 Å². The molecule has 0 aromatic rings. The van der Waals surface area contributed by atoms with Crippen LogP contribution < -0.4 is 11.1 Å². The lowest BCUT2D eigenvalue weighted by atomic mass is 9.96.